The van der Waals surface area contributed by atoms with Crippen LogP contribution in [0.15, 0.2) is 30.3 Å². The third kappa shape index (κ3) is 3.70. The monoisotopic (exact) mass is 378 g/mol. The molecule has 1 amide bonds. The summed E-state index contributed by atoms with van der Waals surface area (Å²) in [6.45, 7) is 0. The van der Waals surface area contributed by atoms with E-state index in [0.29, 0.717) is 38.5 Å². The summed E-state index contributed by atoms with van der Waals surface area (Å²) >= 11 is 13.0. The van der Waals surface area contributed by atoms with Gasteiger partial charge in [-0.25, -0.2) is 0 Å². The normalized spacial score (nSPS) is 14.5. The largest absolute Gasteiger partial charge is 0.495 e. The molecule has 0 atom stereocenters. The molecule has 0 aliphatic heterocycles. The van der Waals surface area contributed by atoms with Crippen molar-refractivity contribution in [3.63, 3.8) is 0 Å². The molecule has 1 aliphatic carbocycles. The van der Waals surface area contributed by atoms with Gasteiger partial charge in [-0.05, 0) is 31.0 Å². The van der Waals surface area contributed by atoms with Gasteiger partial charge in [-0.1, -0.05) is 48.2 Å². The van der Waals surface area contributed by atoms with Crippen molar-refractivity contribution in [2.45, 2.75) is 31.7 Å². The maximum Gasteiger partial charge on any atom is 0.252 e. The van der Waals surface area contributed by atoms with Gasteiger partial charge in [-0.2, -0.15) is 0 Å². The minimum absolute atomic E-state index is 0.306. The first kappa shape index (κ1) is 17.9. The summed E-state index contributed by atoms with van der Waals surface area (Å²) in [5, 5.41) is 4.58. The van der Waals surface area contributed by atoms with Crippen LogP contribution in [0.3, 0.4) is 0 Å². The molecule has 0 aromatic heterocycles. The number of benzene rings is 2. The van der Waals surface area contributed by atoms with Crippen LogP contribution in [0.1, 0.15) is 36.0 Å². The smallest absolute Gasteiger partial charge is 0.252 e. The summed E-state index contributed by atoms with van der Waals surface area (Å²) in [5.74, 6) is -0.162. The number of carbonyl (C=O) groups excluding carboxylic acids is 1. The first-order valence-corrected chi connectivity index (χ1v) is 8.99. The van der Waals surface area contributed by atoms with Gasteiger partial charge in [0.15, 0.2) is 0 Å². The first-order chi connectivity index (χ1) is 12.0. The quantitative estimate of drug-likeness (QED) is 0.758. The lowest BCUT2D eigenvalue weighted by Gasteiger charge is -2.18. The summed E-state index contributed by atoms with van der Waals surface area (Å²) in [7, 11) is 1.50. The molecule has 0 radical (unpaired) electrons. The Balaban J connectivity index is 2.02. The van der Waals surface area contributed by atoms with Crippen molar-refractivity contribution < 1.29 is 9.53 Å². The molecule has 1 aliphatic rings. The molecule has 25 heavy (non-hydrogen) atoms. The molecular weight excluding hydrogens is 359 g/mol. The van der Waals surface area contributed by atoms with Gasteiger partial charge in [0.25, 0.3) is 5.91 Å². The number of amides is 1. The van der Waals surface area contributed by atoms with Gasteiger partial charge >= 0.3 is 0 Å². The van der Waals surface area contributed by atoms with Crippen molar-refractivity contribution in [3.05, 3.63) is 45.9 Å². The molecule has 0 unspecified atom stereocenters. The number of methoxy groups -OCH3 is 1. The number of ether oxygens (including phenoxy) is 1. The van der Waals surface area contributed by atoms with E-state index in [2.05, 4.69) is 5.32 Å². The van der Waals surface area contributed by atoms with Gasteiger partial charge in [-0.3, -0.25) is 4.79 Å². The molecule has 4 nitrogen and oxygen atoms in total. The molecule has 1 saturated carbocycles. The van der Waals surface area contributed by atoms with Gasteiger partial charge in [0.2, 0.25) is 0 Å². The van der Waals surface area contributed by atoms with Crippen molar-refractivity contribution in [2.75, 3.05) is 12.4 Å². The molecule has 0 saturated heterocycles. The summed E-state index contributed by atoms with van der Waals surface area (Å²) in [6.07, 6.45) is 4.75. The zero-order chi connectivity index (χ0) is 18.0. The Morgan fingerprint density at radius 1 is 1.16 bits per heavy atom. The van der Waals surface area contributed by atoms with Crippen molar-refractivity contribution in [3.8, 4) is 16.9 Å². The summed E-state index contributed by atoms with van der Waals surface area (Å²) < 4.78 is 5.41. The molecular formula is C19H20Cl2N2O2. The molecule has 3 rings (SSSR count). The van der Waals surface area contributed by atoms with Crippen LogP contribution in [0.5, 0.6) is 5.75 Å². The predicted octanol–water partition coefficient (Wildman–Crippen LogP) is 5.12. The van der Waals surface area contributed by atoms with E-state index in [9.17, 15) is 4.79 Å². The number of carbonyl (C=O) groups is 1. The lowest BCUT2D eigenvalue weighted by atomic mass is 10.0. The van der Waals surface area contributed by atoms with Gasteiger partial charge in [0.05, 0.1) is 28.4 Å². The van der Waals surface area contributed by atoms with E-state index < -0.39 is 5.91 Å². The van der Waals surface area contributed by atoms with Crippen molar-refractivity contribution in [2.24, 2.45) is 5.73 Å². The second-order valence-electron chi connectivity index (χ2n) is 6.19. The molecule has 132 valence electrons. The summed E-state index contributed by atoms with van der Waals surface area (Å²) in [5.41, 5.74) is 7.94. The van der Waals surface area contributed by atoms with Crippen LogP contribution >= 0.6 is 23.2 Å². The second kappa shape index (κ2) is 7.54. The Labute approximate surface area is 157 Å². The van der Waals surface area contributed by atoms with E-state index in [-0.39, 0.29) is 0 Å². The summed E-state index contributed by atoms with van der Waals surface area (Å²) in [6, 6.07) is 9.25. The minimum Gasteiger partial charge on any atom is -0.495 e. The van der Waals surface area contributed by atoms with Crippen LogP contribution < -0.4 is 15.8 Å². The van der Waals surface area contributed by atoms with Crippen molar-refractivity contribution >= 4 is 34.8 Å². The van der Waals surface area contributed by atoms with Gasteiger partial charge in [-0.15, -0.1) is 0 Å². The van der Waals surface area contributed by atoms with E-state index >= 15 is 0 Å². The zero-order valence-corrected chi connectivity index (χ0v) is 15.5. The van der Waals surface area contributed by atoms with E-state index in [1.54, 1.807) is 18.2 Å². The number of halogens is 2. The topological polar surface area (TPSA) is 64.3 Å². The van der Waals surface area contributed by atoms with Crippen LogP contribution in [-0.2, 0) is 0 Å². The Bertz CT molecular complexity index is 802. The minimum atomic E-state index is -0.555. The maximum absolute atomic E-state index is 11.6. The number of rotatable bonds is 5. The molecule has 2 aromatic carbocycles. The Kier molecular flexibility index (Phi) is 5.40. The maximum atomic E-state index is 11.6. The fraction of sp³-hybridized carbons (Fsp3) is 0.316. The standard InChI is InChI=1S/C19H20Cl2N2O2/c1-25-18-12(7-4-8-13(18)19(22)24)14-9-16(21)17(10-15(14)20)23-11-5-2-3-6-11/h4,7-11,23H,2-3,5-6H2,1H3,(H2,22,24). The highest BCUT2D eigenvalue weighted by atomic mass is 35.5. The molecule has 1 fully saturated rings. The second-order valence-corrected chi connectivity index (χ2v) is 7.00. The highest BCUT2D eigenvalue weighted by molar-refractivity contribution is 6.37. The zero-order valence-electron chi connectivity index (χ0n) is 13.9. The van der Waals surface area contributed by atoms with E-state index in [1.807, 2.05) is 12.1 Å². The Morgan fingerprint density at radius 2 is 1.88 bits per heavy atom. The van der Waals surface area contributed by atoms with Crippen LogP contribution in [0.4, 0.5) is 5.69 Å². The fourth-order valence-electron chi connectivity index (χ4n) is 3.32. The number of hydrogen-bond acceptors (Lipinski definition) is 3. The number of anilines is 1. The molecule has 0 spiro atoms. The third-order valence-corrected chi connectivity index (χ3v) is 5.17. The van der Waals surface area contributed by atoms with Crippen LogP contribution in [0.25, 0.3) is 11.1 Å². The molecule has 6 heteroatoms. The molecule has 3 N–H and O–H groups in total. The number of primary amides is 1. The van der Waals surface area contributed by atoms with Crippen molar-refractivity contribution in [1.82, 2.24) is 0 Å². The van der Waals surface area contributed by atoms with Crippen LogP contribution in [0, 0.1) is 0 Å². The van der Waals surface area contributed by atoms with E-state index in [0.717, 1.165) is 18.5 Å². The van der Waals surface area contributed by atoms with E-state index in [4.69, 9.17) is 33.7 Å². The average Bonchev–Trinajstić information content (AvgIpc) is 3.10. The number of nitrogens with one attached hydrogen (secondary N) is 1. The Morgan fingerprint density at radius 3 is 2.52 bits per heavy atom. The fourth-order valence-corrected chi connectivity index (χ4v) is 3.80. The highest BCUT2D eigenvalue weighted by Gasteiger charge is 2.20. The van der Waals surface area contributed by atoms with Gasteiger partial charge < -0.3 is 15.8 Å². The van der Waals surface area contributed by atoms with Gasteiger partial charge in [0.1, 0.15) is 5.75 Å². The van der Waals surface area contributed by atoms with E-state index in [1.165, 1.54) is 20.0 Å². The van der Waals surface area contributed by atoms with Crippen molar-refractivity contribution in [1.29, 1.82) is 0 Å². The summed E-state index contributed by atoms with van der Waals surface area (Å²) in [4.78, 5) is 11.6. The number of nitrogens with two attached hydrogens (primary N) is 1. The number of hydrogen-bond donors (Lipinski definition) is 2. The lowest BCUT2D eigenvalue weighted by Crippen LogP contribution is -2.14. The Hall–Kier alpha value is -1.91. The predicted molar refractivity (Wildman–Crippen MR) is 103 cm³/mol. The van der Waals surface area contributed by atoms with Crippen LogP contribution in [-0.4, -0.2) is 19.1 Å². The first-order valence-electron chi connectivity index (χ1n) is 8.24. The molecule has 0 heterocycles. The van der Waals surface area contributed by atoms with Crippen LogP contribution in [0.2, 0.25) is 10.0 Å². The highest BCUT2D eigenvalue weighted by Crippen LogP contribution is 2.41. The third-order valence-electron chi connectivity index (χ3n) is 4.55. The SMILES string of the molecule is COc1c(C(N)=O)cccc1-c1cc(Cl)c(NC2CCCC2)cc1Cl. The molecule has 2 aromatic rings. The molecule has 0 bridgehead atoms. The van der Waals surface area contributed by atoms with Gasteiger partial charge in [0, 0.05) is 17.2 Å². The number of para-hydroxylation sites is 1. The lowest BCUT2D eigenvalue weighted by molar-refractivity contribution is 0.0997. The average molecular weight is 379 g/mol.